The largest absolute Gasteiger partial charge is 0.433 e. The molecule has 0 spiro atoms. The molecule has 20 heavy (non-hydrogen) atoms. The maximum atomic E-state index is 13.0. The van der Waals surface area contributed by atoms with Crippen molar-refractivity contribution in [2.75, 3.05) is 18.0 Å². The van der Waals surface area contributed by atoms with Crippen molar-refractivity contribution in [3.05, 3.63) is 29.3 Å². The van der Waals surface area contributed by atoms with E-state index in [2.05, 4.69) is 9.97 Å². The lowest BCUT2D eigenvalue weighted by Crippen LogP contribution is -2.22. The minimum atomic E-state index is -4.45. The number of halogens is 3. The Morgan fingerprint density at radius 3 is 2.50 bits per heavy atom. The molecule has 0 aromatic carbocycles. The van der Waals surface area contributed by atoms with Crippen molar-refractivity contribution in [1.29, 1.82) is 0 Å². The summed E-state index contributed by atoms with van der Waals surface area (Å²) in [5.74, 6) is 0.181. The summed E-state index contributed by atoms with van der Waals surface area (Å²) in [6, 6.07) is 4.58. The average molecular weight is 299 g/mol. The topological polar surface area (TPSA) is 29.0 Å². The van der Waals surface area contributed by atoms with E-state index in [-0.39, 0.29) is 5.95 Å². The van der Waals surface area contributed by atoms with Crippen molar-refractivity contribution in [3.8, 4) is 10.6 Å². The average Bonchev–Trinajstić information content (AvgIpc) is 3.10. The Hall–Kier alpha value is -1.63. The first kappa shape index (κ1) is 13.4. The molecule has 1 fully saturated rings. The van der Waals surface area contributed by atoms with Crippen molar-refractivity contribution in [1.82, 2.24) is 9.97 Å². The molecule has 1 aliphatic heterocycles. The zero-order valence-corrected chi connectivity index (χ0v) is 11.3. The molecule has 1 saturated heterocycles. The molecular formula is C13H12F3N3S. The molecule has 0 unspecified atom stereocenters. The highest BCUT2D eigenvalue weighted by molar-refractivity contribution is 7.13. The van der Waals surface area contributed by atoms with E-state index in [1.165, 1.54) is 11.3 Å². The van der Waals surface area contributed by atoms with Gasteiger partial charge in [0.05, 0.1) is 10.6 Å². The number of anilines is 1. The van der Waals surface area contributed by atoms with Crippen LogP contribution in [0, 0.1) is 0 Å². The number of hydrogen-bond donors (Lipinski definition) is 0. The lowest BCUT2D eigenvalue weighted by atomic mass is 10.2. The van der Waals surface area contributed by atoms with Crippen LogP contribution in [0.2, 0.25) is 0 Å². The molecule has 106 valence electrons. The van der Waals surface area contributed by atoms with Crippen LogP contribution in [0.25, 0.3) is 10.6 Å². The molecule has 0 aliphatic carbocycles. The van der Waals surface area contributed by atoms with Crippen LogP contribution in [-0.2, 0) is 6.18 Å². The smallest absolute Gasteiger partial charge is 0.341 e. The number of thiophene rings is 1. The Kier molecular flexibility index (Phi) is 3.37. The van der Waals surface area contributed by atoms with Gasteiger partial charge in [-0.3, -0.25) is 0 Å². The number of rotatable bonds is 2. The Labute approximate surface area is 118 Å². The van der Waals surface area contributed by atoms with Crippen LogP contribution in [0.5, 0.6) is 0 Å². The molecule has 0 bridgehead atoms. The molecule has 2 aromatic rings. The summed E-state index contributed by atoms with van der Waals surface area (Å²) in [5, 5.41) is 1.82. The van der Waals surface area contributed by atoms with Gasteiger partial charge in [-0.2, -0.15) is 13.2 Å². The second kappa shape index (κ2) is 5.05. The van der Waals surface area contributed by atoms with Crippen molar-refractivity contribution in [2.24, 2.45) is 0 Å². The SMILES string of the molecule is FC(F)(F)c1cc(-c2cccs2)nc(N2CCCC2)n1. The maximum absolute atomic E-state index is 13.0. The number of alkyl halides is 3. The molecule has 3 heterocycles. The fraction of sp³-hybridized carbons (Fsp3) is 0.385. The first-order valence-corrected chi connectivity index (χ1v) is 7.17. The molecule has 2 aromatic heterocycles. The molecule has 0 saturated carbocycles. The molecule has 0 amide bonds. The Bertz CT molecular complexity index is 589. The van der Waals surface area contributed by atoms with E-state index >= 15 is 0 Å². The molecule has 0 radical (unpaired) electrons. The first-order chi connectivity index (χ1) is 9.54. The maximum Gasteiger partial charge on any atom is 0.433 e. The minimum Gasteiger partial charge on any atom is -0.341 e. The quantitative estimate of drug-likeness (QED) is 0.844. The van der Waals surface area contributed by atoms with Crippen LogP contribution >= 0.6 is 11.3 Å². The number of nitrogens with zero attached hydrogens (tertiary/aromatic N) is 3. The Morgan fingerprint density at radius 1 is 1.15 bits per heavy atom. The molecule has 3 nitrogen and oxygen atoms in total. The summed E-state index contributed by atoms with van der Waals surface area (Å²) in [7, 11) is 0. The summed E-state index contributed by atoms with van der Waals surface area (Å²) < 4.78 is 38.9. The van der Waals surface area contributed by atoms with Gasteiger partial charge in [0.2, 0.25) is 5.95 Å². The van der Waals surface area contributed by atoms with Crippen molar-refractivity contribution < 1.29 is 13.2 Å². The van der Waals surface area contributed by atoms with Gasteiger partial charge in [0.15, 0.2) is 5.69 Å². The first-order valence-electron chi connectivity index (χ1n) is 6.29. The standard InChI is InChI=1S/C13H12F3N3S/c14-13(15,16)11-8-9(10-4-3-7-20-10)17-12(18-11)19-5-1-2-6-19/h3-4,7-8H,1-2,5-6H2. The van der Waals surface area contributed by atoms with Gasteiger partial charge < -0.3 is 4.90 Å². The van der Waals surface area contributed by atoms with Crippen LogP contribution < -0.4 is 4.90 Å². The van der Waals surface area contributed by atoms with Crippen molar-refractivity contribution in [2.45, 2.75) is 19.0 Å². The lowest BCUT2D eigenvalue weighted by molar-refractivity contribution is -0.141. The van der Waals surface area contributed by atoms with E-state index in [9.17, 15) is 13.2 Å². The van der Waals surface area contributed by atoms with Crippen LogP contribution in [-0.4, -0.2) is 23.1 Å². The van der Waals surface area contributed by atoms with E-state index < -0.39 is 11.9 Å². The molecule has 0 N–H and O–H groups in total. The molecule has 3 rings (SSSR count). The highest BCUT2D eigenvalue weighted by Crippen LogP contribution is 2.33. The third-order valence-electron chi connectivity index (χ3n) is 3.17. The Morgan fingerprint density at radius 2 is 1.90 bits per heavy atom. The number of aromatic nitrogens is 2. The van der Waals surface area contributed by atoms with Gasteiger partial charge >= 0.3 is 6.18 Å². The van der Waals surface area contributed by atoms with Crippen LogP contribution in [0.15, 0.2) is 23.6 Å². The van der Waals surface area contributed by atoms with Gasteiger partial charge in [-0.05, 0) is 30.4 Å². The fourth-order valence-corrected chi connectivity index (χ4v) is 2.88. The van der Waals surface area contributed by atoms with Crippen LogP contribution in [0.1, 0.15) is 18.5 Å². The normalized spacial score (nSPS) is 15.8. The molecule has 7 heteroatoms. The molecular weight excluding hydrogens is 287 g/mol. The van der Waals surface area contributed by atoms with E-state index in [0.29, 0.717) is 18.8 Å². The molecule has 0 atom stereocenters. The second-order valence-corrected chi connectivity index (χ2v) is 5.56. The van der Waals surface area contributed by atoms with Gasteiger partial charge in [-0.25, -0.2) is 9.97 Å². The summed E-state index contributed by atoms with van der Waals surface area (Å²) in [5.41, 5.74) is -0.540. The van der Waals surface area contributed by atoms with Gasteiger partial charge in [0, 0.05) is 13.1 Å². The third-order valence-corrected chi connectivity index (χ3v) is 4.06. The minimum absolute atomic E-state index is 0.181. The highest BCUT2D eigenvalue weighted by Gasteiger charge is 2.34. The van der Waals surface area contributed by atoms with Crippen molar-refractivity contribution >= 4 is 17.3 Å². The molecule has 1 aliphatic rings. The van der Waals surface area contributed by atoms with Gasteiger partial charge in [-0.15, -0.1) is 11.3 Å². The van der Waals surface area contributed by atoms with E-state index in [1.54, 1.807) is 12.1 Å². The zero-order valence-electron chi connectivity index (χ0n) is 10.5. The van der Waals surface area contributed by atoms with E-state index in [1.807, 2.05) is 10.3 Å². The highest BCUT2D eigenvalue weighted by atomic mass is 32.1. The summed E-state index contributed by atoms with van der Waals surface area (Å²) in [6.07, 6.45) is -2.52. The zero-order chi connectivity index (χ0) is 14.2. The van der Waals surface area contributed by atoms with Gasteiger partial charge in [0.1, 0.15) is 0 Å². The summed E-state index contributed by atoms with van der Waals surface area (Å²) in [6.45, 7) is 1.43. The van der Waals surface area contributed by atoms with Gasteiger partial charge in [0.25, 0.3) is 0 Å². The summed E-state index contributed by atoms with van der Waals surface area (Å²) in [4.78, 5) is 10.5. The number of hydrogen-bond acceptors (Lipinski definition) is 4. The van der Waals surface area contributed by atoms with Gasteiger partial charge in [-0.1, -0.05) is 6.07 Å². The van der Waals surface area contributed by atoms with Crippen LogP contribution in [0.4, 0.5) is 19.1 Å². The summed E-state index contributed by atoms with van der Waals surface area (Å²) >= 11 is 1.37. The van der Waals surface area contributed by atoms with E-state index in [0.717, 1.165) is 23.8 Å². The van der Waals surface area contributed by atoms with Crippen molar-refractivity contribution in [3.63, 3.8) is 0 Å². The second-order valence-electron chi connectivity index (χ2n) is 4.61. The lowest BCUT2D eigenvalue weighted by Gasteiger charge is -2.17. The fourth-order valence-electron chi connectivity index (χ4n) is 2.19. The van der Waals surface area contributed by atoms with Crippen LogP contribution in [0.3, 0.4) is 0 Å². The Balaban J connectivity index is 2.08. The predicted octanol–water partition coefficient (Wildman–Crippen LogP) is 3.82. The third kappa shape index (κ3) is 2.63. The monoisotopic (exact) mass is 299 g/mol. The predicted molar refractivity (Wildman–Crippen MR) is 71.8 cm³/mol. The van der Waals surface area contributed by atoms with E-state index in [4.69, 9.17) is 0 Å².